The van der Waals surface area contributed by atoms with Crippen LogP contribution in [0.25, 0.3) is 0 Å². The number of nitrogens with zero attached hydrogens (tertiary/aromatic N) is 2. The molecule has 0 aliphatic heterocycles. The first-order valence-corrected chi connectivity index (χ1v) is 7.17. The summed E-state index contributed by atoms with van der Waals surface area (Å²) in [6, 6.07) is 8.20. The number of rotatable bonds is 6. The molecule has 1 aromatic heterocycles. The Hall–Kier alpha value is -2.10. The average molecular weight is 270 g/mol. The number of aryl methyl sites for hydroxylation is 2. The lowest BCUT2D eigenvalue weighted by molar-refractivity contribution is 0.965. The molecule has 2 rings (SSSR count). The molecule has 0 saturated heterocycles. The fourth-order valence-electron chi connectivity index (χ4n) is 2.08. The molecular formula is C16H22N4. The molecule has 0 bridgehead atoms. The SMILES string of the molecule is CCCNc1ccnc(Nc2c(C)cccc2CC)n1. The van der Waals surface area contributed by atoms with Gasteiger partial charge in [0.15, 0.2) is 0 Å². The van der Waals surface area contributed by atoms with E-state index in [1.807, 2.05) is 6.07 Å². The molecule has 2 aromatic rings. The lowest BCUT2D eigenvalue weighted by Gasteiger charge is -2.13. The molecule has 0 amide bonds. The molecule has 0 unspecified atom stereocenters. The fourth-order valence-corrected chi connectivity index (χ4v) is 2.08. The Kier molecular flexibility index (Phi) is 4.93. The molecule has 0 atom stereocenters. The Morgan fingerprint density at radius 2 is 2.00 bits per heavy atom. The van der Waals surface area contributed by atoms with Crippen LogP contribution >= 0.6 is 0 Å². The molecule has 0 saturated carbocycles. The van der Waals surface area contributed by atoms with Crippen LogP contribution in [-0.4, -0.2) is 16.5 Å². The summed E-state index contributed by atoms with van der Waals surface area (Å²) in [4.78, 5) is 8.79. The smallest absolute Gasteiger partial charge is 0.229 e. The van der Waals surface area contributed by atoms with Crippen LogP contribution in [0.2, 0.25) is 0 Å². The largest absolute Gasteiger partial charge is 0.370 e. The number of anilines is 3. The van der Waals surface area contributed by atoms with Gasteiger partial charge in [0.1, 0.15) is 5.82 Å². The van der Waals surface area contributed by atoms with Crippen molar-refractivity contribution < 1.29 is 0 Å². The lowest BCUT2D eigenvalue weighted by atomic mass is 10.1. The summed E-state index contributed by atoms with van der Waals surface area (Å²) in [6.45, 7) is 7.30. The van der Waals surface area contributed by atoms with Crippen LogP contribution in [-0.2, 0) is 6.42 Å². The highest BCUT2D eigenvalue weighted by Crippen LogP contribution is 2.24. The van der Waals surface area contributed by atoms with Crippen molar-refractivity contribution in [3.05, 3.63) is 41.6 Å². The first-order valence-electron chi connectivity index (χ1n) is 7.17. The summed E-state index contributed by atoms with van der Waals surface area (Å²) in [5.41, 5.74) is 3.60. The summed E-state index contributed by atoms with van der Waals surface area (Å²) in [5, 5.41) is 6.62. The van der Waals surface area contributed by atoms with E-state index in [0.717, 1.165) is 30.9 Å². The highest BCUT2D eigenvalue weighted by molar-refractivity contribution is 5.63. The molecule has 2 N–H and O–H groups in total. The van der Waals surface area contributed by atoms with E-state index in [4.69, 9.17) is 0 Å². The van der Waals surface area contributed by atoms with Crippen LogP contribution < -0.4 is 10.6 Å². The van der Waals surface area contributed by atoms with E-state index in [0.29, 0.717) is 5.95 Å². The molecule has 0 fully saturated rings. The van der Waals surface area contributed by atoms with Gasteiger partial charge in [-0.2, -0.15) is 4.98 Å². The topological polar surface area (TPSA) is 49.8 Å². The molecule has 0 aliphatic carbocycles. The first kappa shape index (κ1) is 14.3. The van der Waals surface area contributed by atoms with Crippen LogP contribution in [0.4, 0.5) is 17.5 Å². The molecule has 4 nitrogen and oxygen atoms in total. The van der Waals surface area contributed by atoms with Gasteiger partial charge in [0.2, 0.25) is 5.95 Å². The Morgan fingerprint density at radius 3 is 2.75 bits per heavy atom. The predicted octanol–water partition coefficient (Wildman–Crippen LogP) is 3.91. The maximum Gasteiger partial charge on any atom is 0.229 e. The van der Waals surface area contributed by atoms with Gasteiger partial charge >= 0.3 is 0 Å². The highest BCUT2D eigenvalue weighted by atomic mass is 15.1. The van der Waals surface area contributed by atoms with Gasteiger partial charge in [-0.05, 0) is 37.0 Å². The van der Waals surface area contributed by atoms with Crippen molar-refractivity contribution >= 4 is 17.5 Å². The van der Waals surface area contributed by atoms with Gasteiger partial charge in [0, 0.05) is 18.4 Å². The molecule has 20 heavy (non-hydrogen) atoms. The number of hydrogen-bond donors (Lipinski definition) is 2. The molecule has 0 aliphatic rings. The van der Waals surface area contributed by atoms with E-state index < -0.39 is 0 Å². The van der Waals surface area contributed by atoms with Crippen LogP contribution in [0.3, 0.4) is 0 Å². The highest BCUT2D eigenvalue weighted by Gasteiger charge is 2.06. The Labute approximate surface area is 120 Å². The van der Waals surface area contributed by atoms with Gasteiger partial charge in [-0.1, -0.05) is 32.0 Å². The predicted molar refractivity (Wildman–Crippen MR) is 84.7 cm³/mol. The van der Waals surface area contributed by atoms with Crippen molar-refractivity contribution in [1.82, 2.24) is 9.97 Å². The standard InChI is InChI=1S/C16H22N4/c1-4-10-17-14-9-11-18-16(19-14)20-15-12(3)7-6-8-13(15)5-2/h6-9,11H,4-5,10H2,1-3H3,(H2,17,18,19,20). The lowest BCUT2D eigenvalue weighted by Crippen LogP contribution is -2.06. The van der Waals surface area contributed by atoms with E-state index >= 15 is 0 Å². The van der Waals surface area contributed by atoms with Gasteiger partial charge in [0.25, 0.3) is 0 Å². The molecule has 1 aromatic carbocycles. The quantitative estimate of drug-likeness (QED) is 0.835. The molecule has 4 heteroatoms. The zero-order valence-corrected chi connectivity index (χ0v) is 12.4. The Morgan fingerprint density at radius 1 is 1.15 bits per heavy atom. The number of benzene rings is 1. The second-order valence-electron chi connectivity index (χ2n) is 4.78. The zero-order valence-electron chi connectivity index (χ0n) is 12.4. The van der Waals surface area contributed by atoms with E-state index in [1.54, 1.807) is 6.20 Å². The fraction of sp³-hybridized carbons (Fsp3) is 0.375. The van der Waals surface area contributed by atoms with Gasteiger partial charge in [-0.25, -0.2) is 4.98 Å². The van der Waals surface area contributed by atoms with Gasteiger partial charge < -0.3 is 10.6 Å². The third-order valence-corrected chi connectivity index (χ3v) is 3.19. The van der Waals surface area contributed by atoms with Crippen molar-refractivity contribution in [3.8, 4) is 0 Å². The third kappa shape index (κ3) is 3.47. The molecule has 0 radical (unpaired) electrons. The summed E-state index contributed by atoms with van der Waals surface area (Å²) in [5.74, 6) is 1.49. The molecule has 0 spiro atoms. The van der Waals surface area contributed by atoms with E-state index in [2.05, 4.69) is 59.6 Å². The number of hydrogen-bond acceptors (Lipinski definition) is 4. The van der Waals surface area contributed by atoms with E-state index in [1.165, 1.54) is 11.1 Å². The minimum Gasteiger partial charge on any atom is -0.370 e. The van der Waals surface area contributed by atoms with Crippen molar-refractivity contribution in [2.45, 2.75) is 33.6 Å². The number of para-hydroxylation sites is 1. The van der Waals surface area contributed by atoms with Crippen LogP contribution in [0.15, 0.2) is 30.5 Å². The minimum absolute atomic E-state index is 0.634. The Bertz CT molecular complexity index is 566. The van der Waals surface area contributed by atoms with Gasteiger partial charge in [-0.3, -0.25) is 0 Å². The van der Waals surface area contributed by atoms with Crippen LogP contribution in [0, 0.1) is 6.92 Å². The van der Waals surface area contributed by atoms with Gasteiger partial charge in [0.05, 0.1) is 0 Å². The van der Waals surface area contributed by atoms with Gasteiger partial charge in [-0.15, -0.1) is 0 Å². The maximum atomic E-state index is 4.49. The Balaban J connectivity index is 2.21. The van der Waals surface area contributed by atoms with Crippen molar-refractivity contribution in [2.24, 2.45) is 0 Å². The number of nitrogens with one attached hydrogen (secondary N) is 2. The minimum atomic E-state index is 0.634. The molecule has 1 heterocycles. The van der Waals surface area contributed by atoms with E-state index in [9.17, 15) is 0 Å². The third-order valence-electron chi connectivity index (χ3n) is 3.19. The average Bonchev–Trinajstić information content (AvgIpc) is 2.47. The summed E-state index contributed by atoms with van der Waals surface area (Å²) in [7, 11) is 0. The van der Waals surface area contributed by atoms with Crippen LogP contribution in [0.5, 0.6) is 0 Å². The molecular weight excluding hydrogens is 248 g/mol. The summed E-state index contributed by atoms with van der Waals surface area (Å²) < 4.78 is 0. The first-order chi connectivity index (χ1) is 9.74. The van der Waals surface area contributed by atoms with Crippen molar-refractivity contribution in [3.63, 3.8) is 0 Å². The second-order valence-corrected chi connectivity index (χ2v) is 4.78. The number of aromatic nitrogens is 2. The van der Waals surface area contributed by atoms with E-state index in [-0.39, 0.29) is 0 Å². The summed E-state index contributed by atoms with van der Waals surface area (Å²) in [6.07, 6.45) is 3.83. The van der Waals surface area contributed by atoms with Crippen LogP contribution in [0.1, 0.15) is 31.4 Å². The second kappa shape index (κ2) is 6.89. The summed E-state index contributed by atoms with van der Waals surface area (Å²) >= 11 is 0. The van der Waals surface area contributed by atoms with Crippen molar-refractivity contribution in [2.75, 3.05) is 17.2 Å². The monoisotopic (exact) mass is 270 g/mol. The molecule has 106 valence electrons. The normalized spacial score (nSPS) is 10.3. The maximum absolute atomic E-state index is 4.49. The van der Waals surface area contributed by atoms with Crippen molar-refractivity contribution in [1.29, 1.82) is 0 Å². The zero-order chi connectivity index (χ0) is 14.4.